The topological polar surface area (TPSA) is 40.2 Å². The second kappa shape index (κ2) is 6.10. The Bertz CT molecular complexity index is 558. The molecule has 0 atom stereocenters. The molecule has 7 heteroatoms. The lowest BCUT2D eigenvalue weighted by molar-refractivity contribution is -0.136. The van der Waals surface area contributed by atoms with Gasteiger partial charge in [-0.1, -0.05) is 18.5 Å². The molecule has 0 aromatic heterocycles. The summed E-state index contributed by atoms with van der Waals surface area (Å²) >= 11 is 5.81. The van der Waals surface area contributed by atoms with Gasteiger partial charge in [-0.15, -0.1) is 0 Å². The van der Waals surface area contributed by atoms with Gasteiger partial charge in [-0.2, -0.15) is 13.2 Å². The highest BCUT2D eigenvalue weighted by Crippen LogP contribution is 2.44. The normalized spacial score (nSPS) is 22.7. The van der Waals surface area contributed by atoms with Crippen molar-refractivity contribution in [1.82, 2.24) is 0 Å². The van der Waals surface area contributed by atoms with Crippen LogP contribution in [0.5, 0.6) is 0 Å². The van der Waals surface area contributed by atoms with Crippen LogP contribution in [0.2, 0.25) is 5.02 Å². The zero-order chi connectivity index (χ0) is 15.6. The first-order chi connectivity index (χ1) is 9.81. The van der Waals surface area contributed by atoms with Gasteiger partial charge in [0.1, 0.15) is 0 Å². The van der Waals surface area contributed by atoms with Crippen LogP contribution in [-0.2, 0) is 6.18 Å². The third-order valence-electron chi connectivity index (χ3n) is 3.85. The van der Waals surface area contributed by atoms with Crippen molar-refractivity contribution in [2.45, 2.75) is 44.8 Å². The number of hydrogen-bond acceptors (Lipinski definition) is 2. The molecule has 0 aliphatic heterocycles. The molecule has 0 saturated heterocycles. The molecule has 0 bridgehead atoms. The van der Waals surface area contributed by atoms with Gasteiger partial charge in [0.25, 0.3) is 0 Å². The fourth-order valence-electron chi connectivity index (χ4n) is 2.71. The molecular formula is C14H16ClF3N3+. The summed E-state index contributed by atoms with van der Waals surface area (Å²) in [6.07, 6.45) is -1.02. The number of hydrogen-bond donors (Lipinski definition) is 1. The molecule has 0 heterocycles. The molecule has 0 unspecified atom stereocenters. The number of halogens is 4. The van der Waals surface area contributed by atoms with Gasteiger partial charge in [0.15, 0.2) is 10.5 Å². The Morgan fingerprint density at radius 3 is 2.38 bits per heavy atom. The Kier molecular flexibility index (Phi) is 4.62. The van der Waals surface area contributed by atoms with Crippen LogP contribution in [0.15, 0.2) is 12.1 Å². The van der Waals surface area contributed by atoms with Crippen LogP contribution >= 0.6 is 11.6 Å². The van der Waals surface area contributed by atoms with E-state index in [0.29, 0.717) is 5.92 Å². The predicted octanol–water partition coefficient (Wildman–Crippen LogP) is 5.83. The number of benzene rings is 1. The second-order valence-electron chi connectivity index (χ2n) is 5.55. The van der Waals surface area contributed by atoms with E-state index in [1.165, 1.54) is 6.07 Å². The van der Waals surface area contributed by atoms with E-state index in [9.17, 15) is 13.2 Å². The van der Waals surface area contributed by atoms with Gasteiger partial charge in [0.2, 0.25) is 5.39 Å². The van der Waals surface area contributed by atoms with E-state index in [1.54, 1.807) is 0 Å². The van der Waals surface area contributed by atoms with Crippen LogP contribution in [0.25, 0.3) is 4.98 Å². The highest BCUT2D eigenvalue weighted by molar-refractivity contribution is 6.31. The fourth-order valence-corrected chi connectivity index (χ4v) is 2.92. The maximum absolute atomic E-state index is 13.2. The maximum atomic E-state index is 13.2. The number of nitrogens with zero attached hydrogens (tertiary/aromatic N) is 2. The SMILES string of the molecule is CC1CCC(Nc2cc(Cl)cc([N+]#N)c2C(F)(F)F)CC1. The molecule has 1 N–H and O–H groups in total. The predicted molar refractivity (Wildman–Crippen MR) is 76.2 cm³/mol. The number of rotatable bonds is 2. The Hall–Kier alpha value is -1.48. The van der Waals surface area contributed by atoms with Crippen molar-refractivity contribution < 1.29 is 13.2 Å². The lowest BCUT2D eigenvalue weighted by atomic mass is 9.87. The zero-order valence-corrected chi connectivity index (χ0v) is 12.3. The molecule has 2 rings (SSSR count). The van der Waals surface area contributed by atoms with Crippen molar-refractivity contribution in [3.63, 3.8) is 0 Å². The summed E-state index contributed by atoms with van der Waals surface area (Å²) < 4.78 is 39.6. The first-order valence-corrected chi connectivity index (χ1v) is 7.21. The molecule has 1 fully saturated rings. The van der Waals surface area contributed by atoms with Gasteiger partial charge < -0.3 is 5.32 Å². The number of alkyl halides is 3. The number of nitrogens with one attached hydrogen (secondary N) is 1. The summed E-state index contributed by atoms with van der Waals surface area (Å²) in [5.41, 5.74) is -1.67. The van der Waals surface area contributed by atoms with Gasteiger partial charge in [-0.3, -0.25) is 0 Å². The van der Waals surface area contributed by atoms with E-state index in [-0.39, 0.29) is 16.8 Å². The molecule has 1 aromatic rings. The Balaban J connectivity index is 2.34. The van der Waals surface area contributed by atoms with E-state index < -0.39 is 17.4 Å². The Morgan fingerprint density at radius 2 is 1.86 bits per heavy atom. The van der Waals surface area contributed by atoms with E-state index >= 15 is 0 Å². The zero-order valence-electron chi connectivity index (χ0n) is 11.5. The molecule has 1 saturated carbocycles. The molecule has 1 aromatic carbocycles. The van der Waals surface area contributed by atoms with E-state index in [1.807, 2.05) is 0 Å². The van der Waals surface area contributed by atoms with Crippen LogP contribution in [0.1, 0.15) is 38.2 Å². The lowest BCUT2D eigenvalue weighted by Gasteiger charge is -2.28. The van der Waals surface area contributed by atoms with Crippen LogP contribution in [0, 0.1) is 11.3 Å². The molecule has 0 spiro atoms. The molecule has 114 valence electrons. The van der Waals surface area contributed by atoms with E-state index in [4.69, 9.17) is 17.0 Å². The van der Waals surface area contributed by atoms with Crippen molar-refractivity contribution in [1.29, 1.82) is 5.39 Å². The van der Waals surface area contributed by atoms with E-state index in [2.05, 4.69) is 17.2 Å². The average molecular weight is 319 g/mol. The van der Waals surface area contributed by atoms with Gasteiger partial charge in [0.05, 0.1) is 16.8 Å². The minimum absolute atomic E-state index is 0.0210. The van der Waals surface area contributed by atoms with Gasteiger partial charge in [-0.05, 0) is 37.7 Å². The fraction of sp³-hybridized carbons (Fsp3) is 0.571. The minimum Gasteiger partial charge on any atom is -0.382 e. The van der Waals surface area contributed by atoms with Crippen molar-refractivity contribution in [3.05, 3.63) is 27.7 Å². The summed E-state index contributed by atoms with van der Waals surface area (Å²) in [6, 6.07) is 2.21. The third kappa shape index (κ3) is 3.79. The van der Waals surface area contributed by atoms with Gasteiger partial charge >= 0.3 is 11.9 Å². The van der Waals surface area contributed by atoms with Crippen molar-refractivity contribution in [2.24, 2.45) is 5.92 Å². The van der Waals surface area contributed by atoms with Gasteiger partial charge in [-0.25, -0.2) is 0 Å². The van der Waals surface area contributed by atoms with Crippen LogP contribution in [0.4, 0.5) is 24.5 Å². The quantitative estimate of drug-likeness (QED) is 0.696. The largest absolute Gasteiger partial charge is 0.426 e. The van der Waals surface area contributed by atoms with Gasteiger partial charge in [0, 0.05) is 6.04 Å². The third-order valence-corrected chi connectivity index (χ3v) is 4.07. The average Bonchev–Trinajstić information content (AvgIpc) is 2.39. The van der Waals surface area contributed by atoms with Crippen molar-refractivity contribution in [3.8, 4) is 0 Å². The number of anilines is 1. The monoisotopic (exact) mass is 318 g/mol. The first-order valence-electron chi connectivity index (χ1n) is 6.83. The highest BCUT2D eigenvalue weighted by Gasteiger charge is 2.42. The van der Waals surface area contributed by atoms with Crippen molar-refractivity contribution >= 4 is 23.0 Å². The highest BCUT2D eigenvalue weighted by atomic mass is 35.5. The summed E-state index contributed by atoms with van der Waals surface area (Å²) in [6.45, 7) is 2.14. The van der Waals surface area contributed by atoms with Crippen LogP contribution in [-0.4, -0.2) is 6.04 Å². The first kappa shape index (κ1) is 15.9. The molecular weight excluding hydrogens is 303 g/mol. The Labute approximate surface area is 126 Å². The summed E-state index contributed by atoms with van der Waals surface area (Å²) in [4.78, 5) is 2.72. The number of diazo groups is 1. The molecule has 1 aliphatic carbocycles. The molecule has 0 amide bonds. The lowest BCUT2D eigenvalue weighted by Crippen LogP contribution is -2.26. The van der Waals surface area contributed by atoms with E-state index in [0.717, 1.165) is 31.7 Å². The van der Waals surface area contributed by atoms with Crippen LogP contribution in [0.3, 0.4) is 0 Å². The second-order valence-corrected chi connectivity index (χ2v) is 5.98. The standard InChI is InChI=1S/C14H16ClF3N3/c1-8-2-4-10(5-3-8)20-11-6-9(15)7-12(21-19)13(11)14(16,17)18/h6-8,10,20H,2-5H2,1H3/q+1. The van der Waals surface area contributed by atoms with Crippen LogP contribution < -0.4 is 5.32 Å². The maximum Gasteiger partial charge on any atom is 0.426 e. The minimum atomic E-state index is -4.61. The summed E-state index contributed by atoms with van der Waals surface area (Å²) in [7, 11) is 0. The summed E-state index contributed by atoms with van der Waals surface area (Å²) in [5.74, 6) is 0.604. The summed E-state index contributed by atoms with van der Waals surface area (Å²) in [5, 5.41) is 11.8. The smallest absolute Gasteiger partial charge is 0.382 e. The Morgan fingerprint density at radius 1 is 1.24 bits per heavy atom. The molecule has 1 aliphatic rings. The molecule has 0 radical (unpaired) electrons. The van der Waals surface area contributed by atoms with Crippen molar-refractivity contribution in [2.75, 3.05) is 5.32 Å². The molecule has 3 nitrogen and oxygen atoms in total. The molecule has 21 heavy (non-hydrogen) atoms.